The Labute approximate surface area is 183 Å². The number of amides is 1. The second-order valence-corrected chi connectivity index (χ2v) is 7.78. The van der Waals surface area contributed by atoms with Gasteiger partial charge < -0.3 is 24.3 Å². The van der Waals surface area contributed by atoms with Crippen LogP contribution in [0.15, 0.2) is 42.5 Å². The van der Waals surface area contributed by atoms with Gasteiger partial charge in [-0.15, -0.1) is 0 Å². The topological polar surface area (TPSA) is 83.1 Å². The minimum absolute atomic E-state index is 0.0301. The molecule has 0 atom stereocenters. The van der Waals surface area contributed by atoms with Gasteiger partial charge >= 0.3 is 5.97 Å². The fraction of sp³-hybridized carbons (Fsp3) is 0.333. The molecule has 0 aromatic heterocycles. The Kier molecular flexibility index (Phi) is 8.07. The van der Waals surface area contributed by atoms with E-state index in [-0.39, 0.29) is 12.0 Å². The summed E-state index contributed by atoms with van der Waals surface area (Å²) in [5.41, 5.74) is 2.48. The number of nitrogens with one attached hydrogen (secondary N) is 1. The lowest BCUT2D eigenvalue weighted by atomic mass is 9.87. The van der Waals surface area contributed by atoms with Crippen molar-refractivity contribution in [2.45, 2.75) is 26.2 Å². The molecule has 0 saturated heterocycles. The first-order valence-electron chi connectivity index (χ1n) is 9.73. The maximum absolute atomic E-state index is 12.1. The van der Waals surface area contributed by atoms with Crippen molar-refractivity contribution in [3.63, 3.8) is 0 Å². The number of hydrogen-bond acceptors (Lipinski definition) is 6. The summed E-state index contributed by atoms with van der Waals surface area (Å²) in [5, 5.41) is 2.71. The van der Waals surface area contributed by atoms with Crippen LogP contribution in [0.1, 0.15) is 31.9 Å². The minimum atomic E-state index is -0.646. The van der Waals surface area contributed by atoms with E-state index in [4.69, 9.17) is 18.9 Å². The average molecular weight is 427 g/mol. The van der Waals surface area contributed by atoms with Gasteiger partial charge in [-0.25, -0.2) is 4.79 Å². The number of methoxy groups -OCH3 is 3. The third-order valence-electron chi connectivity index (χ3n) is 4.48. The predicted molar refractivity (Wildman–Crippen MR) is 120 cm³/mol. The van der Waals surface area contributed by atoms with Gasteiger partial charge in [-0.2, -0.15) is 0 Å². The predicted octanol–water partition coefficient (Wildman–Crippen LogP) is 4.21. The maximum atomic E-state index is 12.1. The Morgan fingerprint density at radius 1 is 0.935 bits per heavy atom. The molecule has 0 fully saturated rings. The van der Waals surface area contributed by atoms with Crippen LogP contribution in [0.4, 0.5) is 5.69 Å². The van der Waals surface area contributed by atoms with Crippen LogP contribution in [0.25, 0.3) is 6.08 Å². The van der Waals surface area contributed by atoms with Crippen molar-refractivity contribution in [3.05, 3.63) is 53.6 Å². The molecule has 0 unspecified atom stereocenters. The molecule has 0 bridgehead atoms. The van der Waals surface area contributed by atoms with Crippen molar-refractivity contribution in [2.75, 3.05) is 33.3 Å². The molecule has 0 radical (unpaired) electrons. The molecule has 7 heteroatoms. The number of carbonyl (C=O) groups excluding carboxylic acids is 2. The van der Waals surface area contributed by atoms with Crippen molar-refractivity contribution in [1.82, 2.24) is 0 Å². The van der Waals surface area contributed by atoms with E-state index in [0.717, 1.165) is 5.56 Å². The van der Waals surface area contributed by atoms with Gasteiger partial charge in [0.25, 0.3) is 5.91 Å². The van der Waals surface area contributed by atoms with Crippen LogP contribution < -0.4 is 19.5 Å². The molecular formula is C24H29NO6. The summed E-state index contributed by atoms with van der Waals surface area (Å²) in [7, 11) is 4.53. The van der Waals surface area contributed by atoms with Crippen molar-refractivity contribution >= 4 is 23.6 Å². The number of esters is 1. The Hall–Kier alpha value is -3.48. The van der Waals surface area contributed by atoms with Crippen LogP contribution in [-0.4, -0.2) is 39.8 Å². The number of anilines is 1. The maximum Gasteiger partial charge on any atom is 0.331 e. The van der Waals surface area contributed by atoms with E-state index < -0.39 is 11.9 Å². The Bertz CT molecular complexity index is 917. The van der Waals surface area contributed by atoms with Crippen LogP contribution in [0.3, 0.4) is 0 Å². The van der Waals surface area contributed by atoms with Crippen molar-refractivity contribution in [2.24, 2.45) is 0 Å². The van der Waals surface area contributed by atoms with E-state index in [9.17, 15) is 9.59 Å². The highest BCUT2D eigenvalue weighted by atomic mass is 16.5. The average Bonchev–Trinajstić information content (AvgIpc) is 2.75. The highest BCUT2D eigenvalue weighted by Crippen LogP contribution is 2.38. The van der Waals surface area contributed by atoms with Gasteiger partial charge in [0.1, 0.15) is 0 Å². The van der Waals surface area contributed by atoms with Crippen LogP contribution in [0.2, 0.25) is 0 Å². The first-order valence-corrected chi connectivity index (χ1v) is 9.73. The number of ether oxygens (including phenoxy) is 4. The minimum Gasteiger partial charge on any atom is -0.493 e. The van der Waals surface area contributed by atoms with E-state index in [0.29, 0.717) is 28.5 Å². The Morgan fingerprint density at radius 2 is 1.52 bits per heavy atom. The molecule has 2 aromatic carbocycles. The number of rotatable bonds is 8. The molecule has 0 spiro atoms. The summed E-state index contributed by atoms with van der Waals surface area (Å²) in [4.78, 5) is 24.0. The first kappa shape index (κ1) is 23.8. The zero-order chi connectivity index (χ0) is 23.0. The van der Waals surface area contributed by atoms with Crippen molar-refractivity contribution in [1.29, 1.82) is 0 Å². The van der Waals surface area contributed by atoms with Crippen LogP contribution >= 0.6 is 0 Å². The van der Waals surface area contributed by atoms with E-state index in [2.05, 4.69) is 26.1 Å². The van der Waals surface area contributed by atoms with E-state index in [1.807, 2.05) is 24.3 Å². The molecule has 7 nitrogen and oxygen atoms in total. The van der Waals surface area contributed by atoms with Gasteiger partial charge in [0, 0.05) is 11.8 Å². The molecule has 2 rings (SSSR count). The zero-order valence-electron chi connectivity index (χ0n) is 18.8. The van der Waals surface area contributed by atoms with Gasteiger partial charge in [-0.1, -0.05) is 32.9 Å². The highest BCUT2D eigenvalue weighted by molar-refractivity contribution is 5.94. The molecule has 0 saturated carbocycles. The molecule has 0 heterocycles. The Morgan fingerprint density at radius 3 is 2.00 bits per heavy atom. The fourth-order valence-corrected chi connectivity index (χ4v) is 2.80. The molecule has 31 heavy (non-hydrogen) atoms. The number of carbonyl (C=O) groups is 2. The van der Waals surface area contributed by atoms with E-state index >= 15 is 0 Å². The summed E-state index contributed by atoms with van der Waals surface area (Å²) < 4.78 is 20.8. The van der Waals surface area contributed by atoms with Crippen LogP contribution in [0, 0.1) is 0 Å². The monoisotopic (exact) mass is 427 g/mol. The third-order valence-corrected chi connectivity index (χ3v) is 4.48. The fourth-order valence-electron chi connectivity index (χ4n) is 2.80. The normalized spacial score (nSPS) is 11.2. The lowest BCUT2D eigenvalue weighted by Gasteiger charge is -2.19. The van der Waals surface area contributed by atoms with Gasteiger partial charge in [0.2, 0.25) is 5.75 Å². The van der Waals surface area contributed by atoms with Crippen molar-refractivity contribution < 1.29 is 28.5 Å². The second-order valence-electron chi connectivity index (χ2n) is 7.78. The molecule has 2 aromatic rings. The lowest BCUT2D eigenvalue weighted by molar-refractivity contribution is -0.142. The van der Waals surface area contributed by atoms with Crippen LogP contribution in [0.5, 0.6) is 17.2 Å². The van der Waals surface area contributed by atoms with E-state index in [1.54, 1.807) is 12.1 Å². The standard InChI is InChI=1S/C24H29NO6/c1-24(2,3)17-8-10-18(11-9-17)25-21(26)15-31-22(27)12-7-16-13-19(28-4)23(30-6)20(14-16)29-5/h7-14H,15H2,1-6H3,(H,25,26)/b12-7+. The van der Waals surface area contributed by atoms with Gasteiger partial charge in [-0.05, 0) is 46.9 Å². The summed E-state index contributed by atoms with van der Waals surface area (Å²) >= 11 is 0. The summed E-state index contributed by atoms with van der Waals surface area (Å²) in [5.74, 6) is 0.320. The summed E-state index contributed by atoms with van der Waals surface area (Å²) in [6, 6.07) is 11.0. The van der Waals surface area contributed by atoms with Gasteiger partial charge in [0.05, 0.1) is 21.3 Å². The van der Waals surface area contributed by atoms with E-state index in [1.165, 1.54) is 33.5 Å². The lowest BCUT2D eigenvalue weighted by Crippen LogP contribution is -2.20. The third kappa shape index (κ3) is 6.77. The molecule has 1 N–H and O–H groups in total. The number of hydrogen-bond donors (Lipinski definition) is 1. The SMILES string of the molecule is COc1cc(/C=C/C(=O)OCC(=O)Nc2ccc(C(C)(C)C)cc2)cc(OC)c1OC. The van der Waals surface area contributed by atoms with Gasteiger partial charge in [0.15, 0.2) is 18.1 Å². The molecule has 1 amide bonds. The highest BCUT2D eigenvalue weighted by Gasteiger charge is 2.14. The zero-order valence-corrected chi connectivity index (χ0v) is 18.8. The first-order chi connectivity index (χ1) is 14.7. The Balaban J connectivity index is 1.93. The molecule has 0 aliphatic carbocycles. The van der Waals surface area contributed by atoms with Crippen LogP contribution in [-0.2, 0) is 19.7 Å². The second kappa shape index (κ2) is 10.5. The summed E-state index contributed by atoms with van der Waals surface area (Å²) in [6.07, 6.45) is 2.77. The molecule has 0 aliphatic rings. The largest absolute Gasteiger partial charge is 0.493 e. The summed E-state index contributed by atoms with van der Waals surface area (Å²) in [6.45, 7) is 5.96. The molecular weight excluding hydrogens is 398 g/mol. The number of benzene rings is 2. The van der Waals surface area contributed by atoms with Gasteiger partial charge in [-0.3, -0.25) is 4.79 Å². The molecule has 166 valence electrons. The molecule has 0 aliphatic heterocycles. The smallest absolute Gasteiger partial charge is 0.331 e. The van der Waals surface area contributed by atoms with Crippen molar-refractivity contribution in [3.8, 4) is 17.2 Å². The quantitative estimate of drug-likeness (QED) is 0.502.